The minimum absolute atomic E-state index is 0.798. The molecule has 2 heteroatoms. The van der Waals surface area contributed by atoms with Crippen molar-refractivity contribution in [2.75, 3.05) is 19.6 Å². The van der Waals surface area contributed by atoms with Gasteiger partial charge >= 0.3 is 0 Å². The molecule has 2 aliphatic rings. The van der Waals surface area contributed by atoms with Crippen LogP contribution in [0.1, 0.15) is 58.3 Å². The van der Waals surface area contributed by atoms with E-state index in [1.165, 1.54) is 64.5 Å². The van der Waals surface area contributed by atoms with Crippen LogP contribution in [0.2, 0.25) is 0 Å². The third kappa shape index (κ3) is 3.46. The monoisotopic (exact) mass is 224 g/mol. The maximum absolute atomic E-state index is 3.64. The first-order valence-electron chi connectivity index (χ1n) is 7.37. The molecule has 0 amide bonds. The van der Waals surface area contributed by atoms with E-state index in [1.54, 1.807) is 0 Å². The average molecular weight is 224 g/mol. The van der Waals surface area contributed by atoms with Crippen LogP contribution in [0.4, 0.5) is 0 Å². The maximum Gasteiger partial charge on any atom is 0.0110 e. The van der Waals surface area contributed by atoms with Crippen LogP contribution in [-0.4, -0.2) is 36.6 Å². The number of nitrogens with one attached hydrogen (secondary N) is 1. The predicted molar refractivity (Wildman–Crippen MR) is 69.8 cm³/mol. The molecular formula is C14H28N2. The lowest BCUT2D eigenvalue weighted by Gasteiger charge is -2.37. The van der Waals surface area contributed by atoms with Crippen LogP contribution >= 0.6 is 0 Å². The summed E-state index contributed by atoms with van der Waals surface area (Å²) < 4.78 is 0. The van der Waals surface area contributed by atoms with Crippen molar-refractivity contribution in [1.29, 1.82) is 0 Å². The first-order valence-corrected chi connectivity index (χ1v) is 7.37. The molecule has 1 aliphatic heterocycles. The molecule has 0 aromatic rings. The Hall–Kier alpha value is -0.0800. The van der Waals surface area contributed by atoms with Gasteiger partial charge in [-0.2, -0.15) is 0 Å². The van der Waals surface area contributed by atoms with Gasteiger partial charge in [-0.1, -0.05) is 26.2 Å². The van der Waals surface area contributed by atoms with E-state index in [0.717, 1.165) is 18.6 Å². The number of hydrogen-bond acceptors (Lipinski definition) is 2. The molecule has 1 aliphatic carbocycles. The van der Waals surface area contributed by atoms with Crippen LogP contribution in [-0.2, 0) is 0 Å². The molecule has 0 spiro atoms. The molecular weight excluding hydrogens is 196 g/mol. The molecule has 0 bridgehead atoms. The molecule has 1 N–H and O–H groups in total. The third-order valence-corrected chi connectivity index (χ3v) is 4.30. The van der Waals surface area contributed by atoms with E-state index < -0.39 is 0 Å². The zero-order valence-corrected chi connectivity index (χ0v) is 10.9. The summed E-state index contributed by atoms with van der Waals surface area (Å²) in [5.41, 5.74) is 0. The number of likely N-dealkylation sites (tertiary alicyclic amines) is 1. The van der Waals surface area contributed by atoms with Gasteiger partial charge in [-0.25, -0.2) is 0 Å². The first kappa shape index (κ1) is 12.4. The van der Waals surface area contributed by atoms with Crippen LogP contribution in [0.25, 0.3) is 0 Å². The van der Waals surface area contributed by atoms with Gasteiger partial charge in [0, 0.05) is 12.1 Å². The molecule has 1 saturated heterocycles. The third-order valence-electron chi connectivity index (χ3n) is 4.30. The largest absolute Gasteiger partial charge is 0.314 e. The Balaban J connectivity index is 1.82. The molecule has 2 nitrogen and oxygen atoms in total. The Morgan fingerprint density at radius 1 is 1.00 bits per heavy atom. The Morgan fingerprint density at radius 2 is 1.75 bits per heavy atom. The van der Waals surface area contributed by atoms with Gasteiger partial charge in [0.05, 0.1) is 0 Å². The van der Waals surface area contributed by atoms with E-state index in [2.05, 4.69) is 17.1 Å². The first-order chi connectivity index (χ1) is 7.90. The molecule has 2 atom stereocenters. The fourth-order valence-electron chi connectivity index (χ4n) is 3.43. The van der Waals surface area contributed by atoms with Crippen LogP contribution in [0.3, 0.4) is 0 Å². The van der Waals surface area contributed by atoms with Crippen molar-refractivity contribution in [2.45, 2.75) is 70.4 Å². The lowest BCUT2D eigenvalue weighted by Crippen LogP contribution is -2.44. The summed E-state index contributed by atoms with van der Waals surface area (Å²) in [5.74, 6) is 0. The van der Waals surface area contributed by atoms with Crippen LogP contribution in [0, 0.1) is 0 Å². The second-order valence-corrected chi connectivity index (χ2v) is 5.53. The second kappa shape index (κ2) is 6.61. The van der Waals surface area contributed by atoms with Crippen molar-refractivity contribution >= 4 is 0 Å². The highest BCUT2D eigenvalue weighted by atomic mass is 15.2. The lowest BCUT2D eigenvalue weighted by atomic mass is 9.89. The second-order valence-electron chi connectivity index (χ2n) is 5.53. The van der Waals surface area contributed by atoms with E-state index in [9.17, 15) is 0 Å². The minimum atomic E-state index is 0.798. The smallest absolute Gasteiger partial charge is 0.0110 e. The van der Waals surface area contributed by atoms with Gasteiger partial charge in [-0.05, 0) is 51.7 Å². The summed E-state index contributed by atoms with van der Waals surface area (Å²) in [4.78, 5) is 2.79. The SMILES string of the molecule is CCNC1CCCC(N2CCCCCC2)C1. The van der Waals surface area contributed by atoms with Gasteiger partial charge in [0.15, 0.2) is 0 Å². The maximum atomic E-state index is 3.64. The van der Waals surface area contributed by atoms with Crippen molar-refractivity contribution < 1.29 is 0 Å². The van der Waals surface area contributed by atoms with Gasteiger partial charge < -0.3 is 10.2 Å². The standard InChI is InChI=1S/C14H28N2/c1-2-15-13-8-7-9-14(12-13)16-10-5-3-4-6-11-16/h13-15H,2-12H2,1H3. The quantitative estimate of drug-likeness (QED) is 0.793. The zero-order valence-electron chi connectivity index (χ0n) is 10.9. The minimum Gasteiger partial charge on any atom is -0.314 e. The molecule has 0 radical (unpaired) electrons. The average Bonchev–Trinajstić information content (AvgIpc) is 2.58. The van der Waals surface area contributed by atoms with Crippen molar-refractivity contribution in [3.63, 3.8) is 0 Å². The molecule has 1 saturated carbocycles. The molecule has 16 heavy (non-hydrogen) atoms. The fraction of sp³-hybridized carbons (Fsp3) is 1.00. The summed E-state index contributed by atoms with van der Waals surface area (Å²) in [6.07, 6.45) is 11.5. The normalized spacial score (nSPS) is 33.6. The Bertz CT molecular complexity index is 183. The van der Waals surface area contributed by atoms with E-state index in [4.69, 9.17) is 0 Å². The Kier molecular flexibility index (Phi) is 5.11. The number of nitrogens with zero attached hydrogens (tertiary/aromatic N) is 1. The van der Waals surface area contributed by atoms with Crippen molar-refractivity contribution in [2.24, 2.45) is 0 Å². The summed E-state index contributed by atoms with van der Waals surface area (Å²) in [5, 5.41) is 3.64. The summed E-state index contributed by atoms with van der Waals surface area (Å²) in [6, 6.07) is 1.68. The number of hydrogen-bond donors (Lipinski definition) is 1. The van der Waals surface area contributed by atoms with Crippen LogP contribution in [0.5, 0.6) is 0 Å². The summed E-state index contributed by atoms with van der Waals surface area (Å²) in [7, 11) is 0. The van der Waals surface area contributed by atoms with Crippen molar-refractivity contribution in [3.8, 4) is 0 Å². The highest BCUT2D eigenvalue weighted by molar-refractivity contribution is 4.84. The van der Waals surface area contributed by atoms with Crippen molar-refractivity contribution in [3.05, 3.63) is 0 Å². The highest BCUT2D eigenvalue weighted by Crippen LogP contribution is 2.25. The van der Waals surface area contributed by atoms with Gasteiger partial charge in [0.25, 0.3) is 0 Å². The molecule has 1 heterocycles. The lowest BCUT2D eigenvalue weighted by molar-refractivity contribution is 0.144. The molecule has 2 fully saturated rings. The zero-order chi connectivity index (χ0) is 11.2. The van der Waals surface area contributed by atoms with Crippen LogP contribution in [0.15, 0.2) is 0 Å². The van der Waals surface area contributed by atoms with Gasteiger partial charge in [-0.15, -0.1) is 0 Å². The Morgan fingerprint density at radius 3 is 2.44 bits per heavy atom. The fourth-order valence-corrected chi connectivity index (χ4v) is 3.43. The van der Waals surface area contributed by atoms with E-state index in [0.29, 0.717) is 0 Å². The van der Waals surface area contributed by atoms with E-state index in [1.807, 2.05) is 0 Å². The van der Waals surface area contributed by atoms with Gasteiger partial charge in [0.1, 0.15) is 0 Å². The topological polar surface area (TPSA) is 15.3 Å². The predicted octanol–water partition coefficient (Wildman–Crippen LogP) is 2.78. The van der Waals surface area contributed by atoms with Crippen LogP contribution < -0.4 is 5.32 Å². The van der Waals surface area contributed by atoms with Crippen molar-refractivity contribution in [1.82, 2.24) is 10.2 Å². The summed E-state index contributed by atoms with van der Waals surface area (Å²) >= 11 is 0. The number of rotatable bonds is 3. The van der Waals surface area contributed by atoms with E-state index in [-0.39, 0.29) is 0 Å². The van der Waals surface area contributed by atoms with Gasteiger partial charge in [0.2, 0.25) is 0 Å². The molecule has 2 unspecified atom stereocenters. The highest BCUT2D eigenvalue weighted by Gasteiger charge is 2.26. The molecule has 0 aromatic heterocycles. The molecule has 0 aromatic carbocycles. The molecule has 2 rings (SSSR count). The van der Waals surface area contributed by atoms with Gasteiger partial charge in [-0.3, -0.25) is 0 Å². The Labute approximate surface area is 101 Å². The summed E-state index contributed by atoms with van der Waals surface area (Å²) in [6.45, 7) is 6.10. The molecule has 94 valence electrons. The van der Waals surface area contributed by atoms with E-state index >= 15 is 0 Å².